The summed E-state index contributed by atoms with van der Waals surface area (Å²) in [5, 5.41) is 0.384. The normalized spacial score (nSPS) is 13.5. The molecule has 0 fully saturated rings. The van der Waals surface area contributed by atoms with Crippen LogP contribution in [0, 0.1) is 0 Å². The van der Waals surface area contributed by atoms with Gasteiger partial charge in [0.25, 0.3) is 0 Å². The highest BCUT2D eigenvalue weighted by Crippen LogP contribution is 2.42. The molecule has 0 spiro atoms. The summed E-state index contributed by atoms with van der Waals surface area (Å²) >= 11 is 5.67. The van der Waals surface area contributed by atoms with Gasteiger partial charge >= 0.3 is 0 Å². The van der Waals surface area contributed by atoms with Gasteiger partial charge in [0.15, 0.2) is 11.5 Å². The second-order valence-electron chi connectivity index (χ2n) is 2.16. The van der Waals surface area contributed by atoms with Crippen LogP contribution in [0.15, 0.2) is 12.1 Å². The van der Waals surface area contributed by atoms with Crippen LogP contribution in [0.2, 0.25) is 5.02 Å². The average Bonchev–Trinajstić information content (AvgIpc) is 2.45. The fourth-order valence-corrected chi connectivity index (χ4v) is 1.10. The summed E-state index contributed by atoms with van der Waals surface area (Å²) < 4.78 is 10.0. The molecule has 57 valence electrons. The van der Waals surface area contributed by atoms with Crippen LogP contribution in [0.25, 0.3) is 0 Å². The zero-order valence-corrected chi connectivity index (χ0v) is 6.31. The lowest BCUT2D eigenvalue weighted by Crippen LogP contribution is -1.93. The number of halogens is 1. The first-order valence-electron chi connectivity index (χ1n) is 3.09. The molecule has 1 radical (unpaired) electrons. The van der Waals surface area contributed by atoms with Gasteiger partial charge < -0.3 is 9.47 Å². The Labute approximate surface area is 68.7 Å². The van der Waals surface area contributed by atoms with E-state index in [1.807, 2.05) is 0 Å². The smallest absolute Gasteiger partial charge is 0.231 e. The molecule has 11 heavy (non-hydrogen) atoms. The Hall–Kier alpha value is -1.09. The molecule has 0 atom stereocenters. The lowest BCUT2D eigenvalue weighted by molar-refractivity contribution is 0.174. The fraction of sp³-hybridized carbons (Fsp3) is 0.143. The summed E-state index contributed by atoms with van der Waals surface area (Å²) in [7, 11) is 0. The molecule has 4 heteroatoms. The molecule has 2 rings (SSSR count). The van der Waals surface area contributed by atoms with Crippen LogP contribution in [0.3, 0.4) is 0 Å². The molecule has 0 bridgehead atoms. The second kappa shape index (κ2) is 2.20. The molecule has 0 aromatic heterocycles. The van der Waals surface area contributed by atoms with Gasteiger partial charge in [-0.15, -0.1) is 0 Å². The zero-order valence-electron chi connectivity index (χ0n) is 5.56. The second-order valence-corrected chi connectivity index (χ2v) is 2.56. The Kier molecular flexibility index (Phi) is 1.32. The van der Waals surface area contributed by atoms with Crippen molar-refractivity contribution < 1.29 is 9.47 Å². The van der Waals surface area contributed by atoms with E-state index in [2.05, 4.69) is 0 Å². The summed E-state index contributed by atoms with van der Waals surface area (Å²) in [5.41, 5.74) is 7.64. The maximum absolute atomic E-state index is 7.44. The summed E-state index contributed by atoms with van der Waals surface area (Å²) in [6.07, 6.45) is 0. The summed E-state index contributed by atoms with van der Waals surface area (Å²) in [6, 6.07) is 3.32. The number of rotatable bonds is 0. The number of nitrogens with one attached hydrogen (secondary N) is 1. The highest BCUT2D eigenvalue weighted by molar-refractivity contribution is 6.33. The molecule has 0 aliphatic carbocycles. The molecule has 1 N–H and O–H groups in total. The molecular weight excluding hydrogens is 166 g/mol. The maximum Gasteiger partial charge on any atom is 0.231 e. The number of fused-ring (bicyclic) bond motifs is 1. The Morgan fingerprint density at radius 3 is 3.00 bits per heavy atom. The monoisotopic (exact) mass is 170 g/mol. The Balaban J connectivity index is 2.62. The van der Waals surface area contributed by atoms with E-state index >= 15 is 0 Å². The molecule has 1 aromatic rings. The van der Waals surface area contributed by atoms with Crippen LogP contribution in [-0.2, 0) is 0 Å². The van der Waals surface area contributed by atoms with Gasteiger partial charge in [-0.1, -0.05) is 11.6 Å². The van der Waals surface area contributed by atoms with E-state index in [1.165, 1.54) is 0 Å². The van der Waals surface area contributed by atoms with Gasteiger partial charge in [0.1, 0.15) is 5.69 Å². The van der Waals surface area contributed by atoms with E-state index in [9.17, 15) is 0 Å². The van der Waals surface area contributed by atoms with Crippen LogP contribution in [0.4, 0.5) is 5.69 Å². The van der Waals surface area contributed by atoms with E-state index in [-0.39, 0.29) is 12.5 Å². The van der Waals surface area contributed by atoms with Crippen LogP contribution in [0.1, 0.15) is 0 Å². The lowest BCUT2D eigenvalue weighted by atomic mass is 10.3. The van der Waals surface area contributed by atoms with Crippen LogP contribution in [-0.4, -0.2) is 6.79 Å². The van der Waals surface area contributed by atoms with Gasteiger partial charge in [0, 0.05) is 0 Å². The zero-order chi connectivity index (χ0) is 7.84. The molecule has 1 aliphatic rings. The van der Waals surface area contributed by atoms with Gasteiger partial charge in [-0.05, 0) is 12.1 Å². The number of ether oxygens (including phenoxy) is 2. The molecule has 3 nitrogen and oxygen atoms in total. The first-order valence-corrected chi connectivity index (χ1v) is 3.46. The largest absolute Gasteiger partial charge is 0.454 e. The molecular formula is C7H5ClNO2. The summed E-state index contributed by atoms with van der Waals surface area (Å²) in [4.78, 5) is 0. The van der Waals surface area contributed by atoms with Gasteiger partial charge in [0.05, 0.1) is 5.02 Å². The van der Waals surface area contributed by atoms with E-state index in [1.54, 1.807) is 12.1 Å². The summed E-state index contributed by atoms with van der Waals surface area (Å²) in [5.74, 6) is 1.04. The Morgan fingerprint density at radius 2 is 2.18 bits per heavy atom. The highest BCUT2D eigenvalue weighted by Gasteiger charge is 2.18. The Morgan fingerprint density at radius 1 is 1.36 bits per heavy atom. The van der Waals surface area contributed by atoms with E-state index in [4.69, 9.17) is 26.8 Å². The van der Waals surface area contributed by atoms with Gasteiger partial charge in [-0.2, -0.15) is 0 Å². The molecule has 1 aromatic carbocycles. The highest BCUT2D eigenvalue weighted by atomic mass is 35.5. The van der Waals surface area contributed by atoms with Crippen molar-refractivity contribution >= 4 is 17.3 Å². The third-order valence-electron chi connectivity index (χ3n) is 1.49. The molecule has 0 amide bonds. The molecule has 1 heterocycles. The predicted octanol–water partition coefficient (Wildman–Crippen LogP) is 1.98. The van der Waals surface area contributed by atoms with E-state index in [0.29, 0.717) is 16.5 Å². The third kappa shape index (κ3) is 0.886. The van der Waals surface area contributed by atoms with Crippen molar-refractivity contribution in [2.24, 2.45) is 0 Å². The Bertz CT molecular complexity index is 301. The SMILES string of the molecule is [NH]c1c(Cl)ccc2c1OCO2. The van der Waals surface area contributed by atoms with Crippen molar-refractivity contribution in [3.8, 4) is 11.5 Å². The van der Waals surface area contributed by atoms with Crippen molar-refractivity contribution in [3.05, 3.63) is 17.2 Å². The number of benzene rings is 1. The topological polar surface area (TPSA) is 42.3 Å². The number of hydrogen-bond acceptors (Lipinski definition) is 2. The first kappa shape index (κ1) is 6.61. The lowest BCUT2D eigenvalue weighted by Gasteiger charge is -1.99. The molecule has 0 unspecified atom stereocenters. The molecule has 0 saturated carbocycles. The standard InChI is InChI=1S/C7H5ClNO2/c8-4-1-2-5-7(6(4)9)11-3-10-5/h1-2,9H,3H2. The van der Waals surface area contributed by atoms with Crippen molar-refractivity contribution in [1.82, 2.24) is 5.73 Å². The van der Waals surface area contributed by atoms with Crippen molar-refractivity contribution in [2.45, 2.75) is 0 Å². The van der Waals surface area contributed by atoms with Crippen LogP contribution >= 0.6 is 11.6 Å². The van der Waals surface area contributed by atoms with Crippen LogP contribution < -0.4 is 15.2 Å². The van der Waals surface area contributed by atoms with E-state index < -0.39 is 0 Å². The minimum atomic E-state index is 0.182. The molecule has 0 saturated heterocycles. The third-order valence-corrected chi connectivity index (χ3v) is 1.80. The van der Waals surface area contributed by atoms with Gasteiger partial charge in [-0.25, -0.2) is 0 Å². The van der Waals surface area contributed by atoms with E-state index in [0.717, 1.165) is 0 Å². The quantitative estimate of drug-likeness (QED) is 0.598. The van der Waals surface area contributed by atoms with Crippen molar-refractivity contribution in [3.63, 3.8) is 0 Å². The minimum absolute atomic E-state index is 0.182. The minimum Gasteiger partial charge on any atom is -0.454 e. The number of hydrogen-bond donors (Lipinski definition) is 0. The first-order chi connectivity index (χ1) is 5.29. The van der Waals surface area contributed by atoms with Gasteiger partial charge in [0.2, 0.25) is 6.79 Å². The fourth-order valence-electron chi connectivity index (χ4n) is 0.948. The average molecular weight is 171 g/mol. The van der Waals surface area contributed by atoms with Crippen molar-refractivity contribution in [1.29, 1.82) is 0 Å². The molecule has 1 aliphatic heterocycles. The maximum atomic E-state index is 7.44. The van der Waals surface area contributed by atoms with Gasteiger partial charge in [-0.3, -0.25) is 5.73 Å². The van der Waals surface area contributed by atoms with Crippen molar-refractivity contribution in [2.75, 3.05) is 6.79 Å². The predicted molar refractivity (Wildman–Crippen MR) is 40.3 cm³/mol. The van der Waals surface area contributed by atoms with Crippen LogP contribution in [0.5, 0.6) is 11.5 Å². The summed E-state index contributed by atoms with van der Waals surface area (Å²) in [6.45, 7) is 0.182.